The first-order valence-electron chi connectivity index (χ1n) is 7.80. The van der Waals surface area contributed by atoms with Crippen molar-refractivity contribution in [1.82, 2.24) is 10.2 Å². The summed E-state index contributed by atoms with van der Waals surface area (Å²) in [6.07, 6.45) is 3.46. The SMILES string of the molecule is Cc1cccc(C(=O)N(CC2CCCCN2)C(C)C)c1F. The standard InChI is InChI=1S/C17H25FN2O/c1-12(2)20(11-14-8-4-5-10-19-14)17(21)15-9-6-7-13(3)16(15)18/h6-7,9,12,14,19H,4-5,8,10-11H2,1-3H3. The van der Waals surface area contributed by atoms with Crippen LogP contribution < -0.4 is 5.32 Å². The third-order valence-electron chi connectivity index (χ3n) is 4.14. The van der Waals surface area contributed by atoms with E-state index in [0.29, 0.717) is 18.2 Å². The highest BCUT2D eigenvalue weighted by Crippen LogP contribution is 2.17. The summed E-state index contributed by atoms with van der Waals surface area (Å²) < 4.78 is 14.2. The van der Waals surface area contributed by atoms with Crippen LogP contribution in [-0.4, -0.2) is 36.0 Å². The van der Waals surface area contributed by atoms with Crippen molar-refractivity contribution >= 4 is 5.91 Å². The Labute approximate surface area is 126 Å². The van der Waals surface area contributed by atoms with E-state index in [1.54, 1.807) is 30.0 Å². The topological polar surface area (TPSA) is 32.3 Å². The molecule has 1 saturated heterocycles. The van der Waals surface area contributed by atoms with Crippen LogP contribution in [0, 0.1) is 12.7 Å². The van der Waals surface area contributed by atoms with Gasteiger partial charge in [0, 0.05) is 18.6 Å². The lowest BCUT2D eigenvalue weighted by Gasteiger charge is -2.33. The minimum Gasteiger partial charge on any atom is -0.335 e. The zero-order chi connectivity index (χ0) is 15.4. The first kappa shape index (κ1) is 16.0. The number of piperidine rings is 1. The highest BCUT2D eigenvalue weighted by Gasteiger charge is 2.25. The molecule has 1 aromatic carbocycles. The summed E-state index contributed by atoms with van der Waals surface area (Å²) in [5.41, 5.74) is 0.694. The molecule has 1 unspecified atom stereocenters. The summed E-state index contributed by atoms with van der Waals surface area (Å²) in [6, 6.07) is 5.38. The zero-order valence-corrected chi connectivity index (χ0v) is 13.2. The predicted octanol–water partition coefficient (Wildman–Crippen LogP) is 3.13. The van der Waals surface area contributed by atoms with Crippen LogP contribution in [0.3, 0.4) is 0 Å². The summed E-state index contributed by atoms with van der Waals surface area (Å²) in [5.74, 6) is -0.608. The Balaban J connectivity index is 2.17. The Bertz CT molecular complexity index is 496. The van der Waals surface area contributed by atoms with Gasteiger partial charge in [-0.1, -0.05) is 18.6 Å². The predicted molar refractivity (Wildman–Crippen MR) is 83.0 cm³/mol. The molecular weight excluding hydrogens is 267 g/mol. The molecule has 0 saturated carbocycles. The fourth-order valence-electron chi connectivity index (χ4n) is 2.81. The Hall–Kier alpha value is -1.42. The molecule has 0 spiro atoms. The maximum Gasteiger partial charge on any atom is 0.257 e. The van der Waals surface area contributed by atoms with Gasteiger partial charge in [-0.2, -0.15) is 0 Å². The first-order valence-corrected chi connectivity index (χ1v) is 7.80. The van der Waals surface area contributed by atoms with E-state index in [4.69, 9.17) is 0 Å². The molecule has 1 aliphatic heterocycles. The highest BCUT2D eigenvalue weighted by atomic mass is 19.1. The summed E-state index contributed by atoms with van der Waals surface area (Å²) in [4.78, 5) is 14.5. The van der Waals surface area contributed by atoms with E-state index < -0.39 is 5.82 Å². The van der Waals surface area contributed by atoms with E-state index in [9.17, 15) is 9.18 Å². The van der Waals surface area contributed by atoms with Gasteiger partial charge in [0.1, 0.15) is 5.82 Å². The van der Waals surface area contributed by atoms with Gasteiger partial charge in [-0.25, -0.2) is 4.39 Å². The molecule has 0 radical (unpaired) electrons. The van der Waals surface area contributed by atoms with Crippen molar-refractivity contribution in [1.29, 1.82) is 0 Å². The maximum absolute atomic E-state index is 14.2. The number of hydrogen-bond acceptors (Lipinski definition) is 2. The van der Waals surface area contributed by atoms with Crippen LogP contribution in [0.1, 0.15) is 49.0 Å². The first-order chi connectivity index (χ1) is 10.0. The number of benzene rings is 1. The largest absolute Gasteiger partial charge is 0.335 e. The lowest BCUT2D eigenvalue weighted by atomic mass is 10.0. The average Bonchev–Trinajstić information content (AvgIpc) is 2.48. The smallest absolute Gasteiger partial charge is 0.257 e. The minimum absolute atomic E-state index is 0.0566. The Morgan fingerprint density at radius 3 is 2.81 bits per heavy atom. The number of nitrogens with zero attached hydrogens (tertiary/aromatic N) is 1. The molecule has 0 bridgehead atoms. The van der Waals surface area contributed by atoms with Gasteiger partial charge in [0.15, 0.2) is 0 Å². The number of nitrogens with one attached hydrogen (secondary N) is 1. The minimum atomic E-state index is -0.398. The van der Waals surface area contributed by atoms with Gasteiger partial charge in [-0.05, 0) is 51.8 Å². The van der Waals surface area contributed by atoms with Gasteiger partial charge in [-0.15, -0.1) is 0 Å². The van der Waals surface area contributed by atoms with Crippen LogP contribution in [0.2, 0.25) is 0 Å². The van der Waals surface area contributed by atoms with Gasteiger partial charge in [-0.3, -0.25) is 4.79 Å². The van der Waals surface area contributed by atoms with E-state index in [1.807, 2.05) is 13.8 Å². The zero-order valence-electron chi connectivity index (χ0n) is 13.2. The highest BCUT2D eigenvalue weighted by molar-refractivity contribution is 5.95. The molecule has 2 rings (SSSR count). The third kappa shape index (κ3) is 3.82. The molecule has 21 heavy (non-hydrogen) atoms. The molecule has 4 heteroatoms. The van der Waals surface area contributed by atoms with E-state index in [0.717, 1.165) is 13.0 Å². The quantitative estimate of drug-likeness (QED) is 0.924. The molecule has 1 N–H and O–H groups in total. The van der Waals surface area contributed by atoms with Crippen LogP contribution in [-0.2, 0) is 0 Å². The monoisotopic (exact) mass is 292 g/mol. The average molecular weight is 292 g/mol. The molecule has 1 heterocycles. The molecule has 1 aromatic rings. The molecule has 1 fully saturated rings. The summed E-state index contributed by atoms with van der Waals surface area (Å²) >= 11 is 0. The normalized spacial score (nSPS) is 18.8. The number of hydrogen-bond donors (Lipinski definition) is 1. The van der Waals surface area contributed by atoms with Crippen LogP contribution in [0.25, 0.3) is 0 Å². The van der Waals surface area contributed by atoms with Crippen molar-refractivity contribution < 1.29 is 9.18 Å². The molecule has 3 nitrogen and oxygen atoms in total. The molecule has 0 aromatic heterocycles. The lowest BCUT2D eigenvalue weighted by molar-refractivity contribution is 0.0672. The number of amides is 1. The van der Waals surface area contributed by atoms with Gasteiger partial charge in [0.2, 0.25) is 0 Å². The fraction of sp³-hybridized carbons (Fsp3) is 0.588. The molecule has 116 valence electrons. The Morgan fingerprint density at radius 2 is 2.19 bits per heavy atom. The van der Waals surface area contributed by atoms with Gasteiger partial charge in [0.05, 0.1) is 5.56 Å². The number of halogens is 1. The summed E-state index contributed by atoms with van der Waals surface area (Å²) in [6.45, 7) is 7.30. The lowest BCUT2D eigenvalue weighted by Crippen LogP contribution is -2.48. The maximum atomic E-state index is 14.2. The van der Waals surface area contributed by atoms with Gasteiger partial charge < -0.3 is 10.2 Å². The van der Waals surface area contributed by atoms with Crippen molar-refractivity contribution in [3.63, 3.8) is 0 Å². The molecule has 1 atom stereocenters. The second kappa shape index (κ2) is 7.03. The Morgan fingerprint density at radius 1 is 1.43 bits per heavy atom. The van der Waals surface area contributed by atoms with Gasteiger partial charge in [0.25, 0.3) is 5.91 Å². The van der Waals surface area contributed by atoms with Crippen LogP contribution >= 0.6 is 0 Å². The second-order valence-electron chi connectivity index (χ2n) is 6.13. The van der Waals surface area contributed by atoms with Crippen LogP contribution in [0.5, 0.6) is 0 Å². The van der Waals surface area contributed by atoms with Gasteiger partial charge >= 0.3 is 0 Å². The fourth-order valence-corrected chi connectivity index (χ4v) is 2.81. The number of carbonyl (C=O) groups excluding carboxylic acids is 1. The molecule has 1 amide bonds. The molecule has 1 aliphatic rings. The van der Waals surface area contributed by atoms with Crippen LogP contribution in [0.15, 0.2) is 18.2 Å². The number of aryl methyl sites for hydroxylation is 1. The van der Waals surface area contributed by atoms with E-state index in [1.165, 1.54) is 12.8 Å². The second-order valence-corrected chi connectivity index (χ2v) is 6.13. The molecule has 0 aliphatic carbocycles. The van der Waals surface area contributed by atoms with Crippen molar-refractivity contribution in [2.45, 2.75) is 52.1 Å². The van der Waals surface area contributed by atoms with Crippen molar-refractivity contribution in [3.05, 3.63) is 35.1 Å². The van der Waals surface area contributed by atoms with E-state index in [-0.39, 0.29) is 17.5 Å². The van der Waals surface area contributed by atoms with Crippen molar-refractivity contribution in [2.75, 3.05) is 13.1 Å². The van der Waals surface area contributed by atoms with Crippen molar-refractivity contribution in [2.24, 2.45) is 0 Å². The summed E-state index contributed by atoms with van der Waals surface area (Å²) in [5, 5.41) is 3.45. The number of carbonyl (C=O) groups is 1. The van der Waals surface area contributed by atoms with E-state index >= 15 is 0 Å². The van der Waals surface area contributed by atoms with Crippen LogP contribution in [0.4, 0.5) is 4.39 Å². The third-order valence-corrected chi connectivity index (χ3v) is 4.14. The van der Waals surface area contributed by atoms with E-state index in [2.05, 4.69) is 5.32 Å². The van der Waals surface area contributed by atoms with Crippen molar-refractivity contribution in [3.8, 4) is 0 Å². The number of rotatable bonds is 4. The Kier molecular flexibility index (Phi) is 5.34. The molecular formula is C17H25FN2O. The summed E-state index contributed by atoms with van der Waals surface area (Å²) in [7, 11) is 0.